The molecule has 0 fully saturated rings. The molecule has 0 amide bonds. The van der Waals surface area contributed by atoms with Crippen LogP contribution in [0, 0.1) is 0 Å². The Balaban J connectivity index is 0.000000197. The second kappa shape index (κ2) is 8.98. The van der Waals surface area contributed by atoms with E-state index < -0.39 is 23.3 Å². The Morgan fingerprint density at radius 2 is 1.72 bits per heavy atom. The minimum absolute atomic E-state index is 0.236. The van der Waals surface area contributed by atoms with Crippen molar-refractivity contribution in [3.05, 3.63) is 50.6 Å². The lowest BCUT2D eigenvalue weighted by molar-refractivity contribution is -0.807. The number of aliphatic hydroxyl groups is 2. The number of hydrogen-bond acceptors (Lipinski definition) is 11. The number of rotatable bonds is 5. The molecular formula is C22H26N10O4. The van der Waals surface area contributed by atoms with E-state index in [0.717, 1.165) is 5.65 Å². The van der Waals surface area contributed by atoms with E-state index in [2.05, 4.69) is 43.4 Å². The molecule has 1 aliphatic heterocycles. The number of fused-ring (bicyclic) bond motifs is 4. The van der Waals surface area contributed by atoms with E-state index in [-0.39, 0.29) is 5.82 Å². The predicted octanol–water partition coefficient (Wildman–Crippen LogP) is -1.54. The monoisotopic (exact) mass is 494 g/mol. The molecule has 0 aromatic carbocycles. The van der Waals surface area contributed by atoms with Gasteiger partial charge in [0.1, 0.15) is 11.8 Å². The number of anilines is 2. The molecule has 4 aromatic heterocycles. The average molecular weight is 495 g/mol. The van der Waals surface area contributed by atoms with Gasteiger partial charge in [-0.2, -0.15) is 0 Å². The molecule has 5 rings (SSSR count). The molecule has 5 N–H and O–H groups in total. The number of carboxylic acid groups (broad SMARTS) is 1. The lowest BCUT2D eigenvalue weighted by atomic mass is 9.85. The van der Waals surface area contributed by atoms with Crippen LogP contribution in [0.3, 0.4) is 0 Å². The van der Waals surface area contributed by atoms with Crippen LogP contribution in [0.4, 0.5) is 11.6 Å². The van der Waals surface area contributed by atoms with Gasteiger partial charge in [-0.05, 0) is 6.92 Å². The fourth-order valence-electron chi connectivity index (χ4n) is 4.02. The zero-order chi connectivity index (χ0) is 26.3. The van der Waals surface area contributed by atoms with Crippen molar-refractivity contribution in [2.75, 3.05) is 11.1 Å². The Kier molecular flexibility index (Phi) is 6.16. The topological polar surface area (TPSA) is 197 Å². The van der Waals surface area contributed by atoms with Crippen molar-refractivity contribution in [3.63, 3.8) is 0 Å². The van der Waals surface area contributed by atoms with Crippen molar-refractivity contribution in [2.24, 2.45) is 0 Å². The second-order valence-corrected chi connectivity index (χ2v) is 8.55. The average Bonchev–Trinajstić information content (AvgIpc) is 3.44. The molecule has 3 atom stereocenters. The third-order valence-corrected chi connectivity index (χ3v) is 6.01. The second-order valence-electron chi connectivity index (χ2n) is 8.55. The van der Waals surface area contributed by atoms with Crippen LogP contribution in [0.15, 0.2) is 50.6 Å². The van der Waals surface area contributed by atoms with Crippen molar-refractivity contribution in [1.29, 1.82) is 0 Å². The van der Waals surface area contributed by atoms with Gasteiger partial charge in [0.15, 0.2) is 28.6 Å². The fraction of sp³-hybridized carbons (Fsp3) is 0.318. The number of aliphatic carboxylic acids is 1. The first-order chi connectivity index (χ1) is 17.1. The molecule has 1 aliphatic rings. The Hall–Kier alpha value is -4.43. The number of nitrogens with two attached hydrogens (primary N) is 1. The van der Waals surface area contributed by atoms with Crippen molar-refractivity contribution < 1.29 is 24.7 Å². The third-order valence-electron chi connectivity index (χ3n) is 6.01. The summed E-state index contributed by atoms with van der Waals surface area (Å²) in [6.07, 6.45) is 7.76. The summed E-state index contributed by atoms with van der Waals surface area (Å²) < 4.78 is 4.84. The summed E-state index contributed by atoms with van der Waals surface area (Å²) in [5.74, 6) is -0.889. The van der Waals surface area contributed by atoms with Crippen LogP contribution in [0.25, 0.3) is 22.3 Å². The Morgan fingerprint density at radius 3 is 2.31 bits per heavy atom. The highest BCUT2D eigenvalue weighted by Crippen LogP contribution is 2.33. The van der Waals surface area contributed by atoms with Gasteiger partial charge in [0.25, 0.3) is 5.82 Å². The van der Waals surface area contributed by atoms with E-state index in [0.29, 0.717) is 35.6 Å². The predicted molar refractivity (Wildman–Crippen MR) is 127 cm³/mol. The normalized spacial score (nSPS) is 22.8. The quantitative estimate of drug-likeness (QED) is 0.185. The maximum Gasteiger partial charge on any atom is 0.256 e. The van der Waals surface area contributed by atoms with E-state index in [1.165, 1.54) is 37.4 Å². The van der Waals surface area contributed by atoms with Crippen LogP contribution in [0.5, 0.6) is 0 Å². The molecule has 5 heterocycles. The van der Waals surface area contributed by atoms with Crippen molar-refractivity contribution in [3.8, 4) is 0 Å². The van der Waals surface area contributed by atoms with Gasteiger partial charge in [-0.15, -0.1) is 13.2 Å². The van der Waals surface area contributed by atoms with E-state index in [1.54, 1.807) is 23.0 Å². The van der Waals surface area contributed by atoms with E-state index in [9.17, 15) is 20.1 Å². The minimum atomic E-state index is -1.90. The van der Waals surface area contributed by atoms with Crippen LogP contribution in [-0.2, 0) is 23.6 Å². The molecular weight excluding hydrogens is 468 g/mol. The maximum atomic E-state index is 11.5. The van der Waals surface area contributed by atoms with Crippen molar-refractivity contribution in [1.82, 2.24) is 34.1 Å². The molecule has 0 saturated heterocycles. The molecule has 0 spiro atoms. The van der Waals surface area contributed by atoms with E-state index in [4.69, 9.17) is 5.73 Å². The lowest BCUT2D eigenvalue weighted by Crippen LogP contribution is -2.77. The van der Waals surface area contributed by atoms with Crippen LogP contribution in [0.1, 0.15) is 13.8 Å². The van der Waals surface area contributed by atoms with Gasteiger partial charge >= 0.3 is 0 Å². The lowest BCUT2D eigenvalue weighted by Gasteiger charge is -2.44. The number of carboxylic acids is 1. The number of nitrogens with one attached hydrogen (secondary N) is 1. The van der Waals surface area contributed by atoms with Crippen molar-refractivity contribution >= 4 is 39.9 Å². The first-order valence-corrected chi connectivity index (χ1v) is 10.8. The zero-order valence-corrected chi connectivity index (χ0v) is 19.7. The third kappa shape index (κ3) is 3.81. The molecule has 3 unspecified atom stereocenters. The summed E-state index contributed by atoms with van der Waals surface area (Å²) in [6, 6.07) is 0. The Morgan fingerprint density at radius 1 is 1.14 bits per heavy atom. The molecule has 14 nitrogen and oxygen atoms in total. The highest BCUT2D eigenvalue weighted by molar-refractivity contribution is 5.87. The summed E-state index contributed by atoms with van der Waals surface area (Å²) in [5.41, 5.74) is 4.07. The van der Waals surface area contributed by atoms with Gasteiger partial charge in [-0.3, -0.25) is 9.88 Å². The summed E-state index contributed by atoms with van der Waals surface area (Å²) in [6.45, 7) is 11.0. The SMILES string of the molecule is C=CCn1cnc2c(N)ncnc21.C=CCn1cnc2c3[n+](cnc21)C(C)(O)C(O)C(C)(C(=O)[O-])N3. The molecule has 0 aliphatic carbocycles. The van der Waals surface area contributed by atoms with Crippen LogP contribution >= 0.6 is 0 Å². The molecule has 188 valence electrons. The molecule has 0 saturated carbocycles. The van der Waals surface area contributed by atoms with Crippen LogP contribution < -0.4 is 20.7 Å². The summed E-state index contributed by atoms with van der Waals surface area (Å²) >= 11 is 0. The molecule has 0 bridgehead atoms. The van der Waals surface area contributed by atoms with Gasteiger partial charge < -0.3 is 30.4 Å². The Labute approximate surface area is 205 Å². The van der Waals surface area contributed by atoms with Gasteiger partial charge in [-0.1, -0.05) is 17.1 Å². The number of nitrogen functional groups attached to an aromatic ring is 1. The molecule has 4 aromatic rings. The fourth-order valence-corrected chi connectivity index (χ4v) is 4.02. The Bertz CT molecular complexity index is 1480. The van der Waals surface area contributed by atoms with Crippen LogP contribution in [-0.4, -0.2) is 61.9 Å². The smallest absolute Gasteiger partial charge is 0.256 e. The van der Waals surface area contributed by atoms with E-state index in [1.807, 2.05) is 4.57 Å². The van der Waals surface area contributed by atoms with Crippen molar-refractivity contribution in [2.45, 2.75) is 44.3 Å². The molecule has 36 heavy (non-hydrogen) atoms. The number of aromatic nitrogens is 8. The first-order valence-electron chi connectivity index (χ1n) is 10.8. The number of imidazole rings is 2. The number of carbonyl (C=O) groups is 1. The van der Waals surface area contributed by atoms with Gasteiger partial charge in [0, 0.05) is 20.0 Å². The van der Waals surface area contributed by atoms with E-state index >= 15 is 0 Å². The highest BCUT2D eigenvalue weighted by Gasteiger charge is 2.56. The number of aliphatic hydroxyl groups excluding tert-OH is 1. The summed E-state index contributed by atoms with van der Waals surface area (Å²) in [5, 5.41) is 35.2. The number of allylic oxidation sites excluding steroid dienone is 2. The standard InChI is InChI=1S/C14H17N5O4.C8H9N5/c1-4-5-18-6-15-8-9(18)16-7-19-10(8)17-13(2,12(21)22)11(20)14(19,3)23;1-2-3-13-5-12-6-7(9)10-4-11-8(6)13/h4,6-7,11,20,23H,1,5H2,2-3H3,(H,21,22);2,4-5H,1,3H2,(H2,9,10,11). The number of hydrogen-bond donors (Lipinski definition) is 4. The van der Waals surface area contributed by atoms with Gasteiger partial charge in [0.2, 0.25) is 17.7 Å². The minimum Gasteiger partial charge on any atom is -0.546 e. The number of carbonyl (C=O) groups excluding carboxylic acids is 1. The maximum absolute atomic E-state index is 11.5. The molecule has 0 radical (unpaired) electrons. The number of nitrogens with zero attached hydrogens (tertiary/aromatic N) is 8. The summed E-state index contributed by atoms with van der Waals surface area (Å²) in [7, 11) is 0. The van der Waals surface area contributed by atoms with Gasteiger partial charge in [-0.25, -0.2) is 24.5 Å². The van der Waals surface area contributed by atoms with Gasteiger partial charge in [0.05, 0.1) is 18.6 Å². The summed E-state index contributed by atoms with van der Waals surface area (Å²) in [4.78, 5) is 32.0. The first kappa shape index (κ1) is 24.7. The highest BCUT2D eigenvalue weighted by atomic mass is 16.4. The largest absolute Gasteiger partial charge is 0.546 e. The molecule has 14 heteroatoms. The zero-order valence-electron chi connectivity index (χ0n) is 19.7. The van der Waals surface area contributed by atoms with Crippen LogP contribution in [0.2, 0.25) is 0 Å².